The highest BCUT2D eigenvalue weighted by atomic mass is 19.4. The minimum absolute atomic E-state index is 0.0812. The van der Waals surface area contributed by atoms with Gasteiger partial charge in [0.2, 0.25) is 5.95 Å². The number of aromatic nitrogens is 4. The summed E-state index contributed by atoms with van der Waals surface area (Å²) in [6.07, 6.45) is -4.44. The molecule has 0 unspecified atom stereocenters. The van der Waals surface area contributed by atoms with Crippen molar-refractivity contribution >= 4 is 17.0 Å². The van der Waals surface area contributed by atoms with Crippen LogP contribution >= 0.6 is 0 Å². The number of H-pyrrole nitrogens is 1. The Morgan fingerprint density at radius 3 is 2.21 bits per heavy atom. The van der Waals surface area contributed by atoms with Gasteiger partial charge in [-0.3, -0.25) is 9.36 Å². The zero-order valence-corrected chi connectivity index (χ0v) is 20.8. The minimum Gasteiger partial charge on any atom is -0.336 e. The van der Waals surface area contributed by atoms with E-state index in [1.165, 1.54) is 0 Å². The summed E-state index contributed by atoms with van der Waals surface area (Å²) in [4.78, 5) is 27.7. The van der Waals surface area contributed by atoms with E-state index >= 15 is 0 Å². The van der Waals surface area contributed by atoms with Gasteiger partial charge in [0.05, 0.1) is 34.9 Å². The lowest BCUT2D eigenvalue weighted by Crippen LogP contribution is -2.40. The lowest BCUT2D eigenvalue weighted by Gasteiger charge is -2.30. The number of rotatable bonds is 4. The van der Waals surface area contributed by atoms with Crippen LogP contribution in [0.4, 0.5) is 23.5 Å². The molecule has 0 fully saturated rings. The third-order valence-electron chi connectivity index (χ3n) is 7.10. The smallest absolute Gasteiger partial charge is 0.336 e. The molecule has 198 valence electrons. The van der Waals surface area contributed by atoms with E-state index in [-0.39, 0.29) is 29.2 Å². The number of hydrogen-bond acceptors (Lipinski definition) is 4. The average Bonchev–Trinajstić information content (AvgIpc) is 3.33. The molecular formula is C29H23F4N5O. The first-order chi connectivity index (χ1) is 18.7. The van der Waals surface area contributed by atoms with Crippen LogP contribution < -0.4 is 10.5 Å². The van der Waals surface area contributed by atoms with Crippen molar-refractivity contribution in [3.05, 3.63) is 123 Å². The molecule has 39 heavy (non-hydrogen) atoms. The summed E-state index contributed by atoms with van der Waals surface area (Å²) < 4.78 is 55.3. The number of fused-ring (bicyclic) bond motifs is 2. The molecule has 5 aromatic rings. The highest BCUT2D eigenvalue weighted by Crippen LogP contribution is 2.34. The van der Waals surface area contributed by atoms with Crippen molar-refractivity contribution in [2.24, 2.45) is 0 Å². The van der Waals surface area contributed by atoms with Crippen LogP contribution in [0.3, 0.4) is 0 Å². The van der Waals surface area contributed by atoms with Crippen LogP contribution in [-0.2, 0) is 19.1 Å². The second kappa shape index (κ2) is 9.37. The van der Waals surface area contributed by atoms with Gasteiger partial charge in [-0.05, 0) is 30.5 Å². The van der Waals surface area contributed by atoms with Gasteiger partial charge in [0.15, 0.2) is 0 Å². The van der Waals surface area contributed by atoms with E-state index in [9.17, 15) is 22.4 Å². The largest absolute Gasteiger partial charge is 0.419 e. The van der Waals surface area contributed by atoms with Crippen molar-refractivity contribution in [3.63, 3.8) is 0 Å². The predicted octanol–water partition coefficient (Wildman–Crippen LogP) is 5.79. The number of imidazole rings is 1. The van der Waals surface area contributed by atoms with Crippen molar-refractivity contribution < 1.29 is 17.6 Å². The number of nitrogens with one attached hydrogen (secondary N) is 1. The zero-order chi connectivity index (χ0) is 27.3. The van der Waals surface area contributed by atoms with Crippen molar-refractivity contribution in [1.29, 1.82) is 0 Å². The molecule has 0 aliphatic carbocycles. The maximum Gasteiger partial charge on any atom is 0.419 e. The Kier molecular flexibility index (Phi) is 5.97. The predicted molar refractivity (Wildman–Crippen MR) is 139 cm³/mol. The molecule has 0 saturated heterocycles. The van der Waals surface area contributed by atoms with Crippen LogP contribution in [0.15, 0.2) is 77.6 Å². The molecular weight excluding hydrogens is 510 g/mol. The van der Waals surface area contributed by atoms with Gasteiger partial charge in [-0.25, -0.2) is 14.4 Å². The first-order valence-corrected chi connectivity index (χ1v) is 12.4. The second-order valence-corrected chi connectivity index (χ2v) is 9.56. The summed E-state index contributed by atoms with van der Waals surface area (Å²) in [5.41, 5.74) is 1.79. The SMILES string of the molecule is Cc1nc2c(c(=O)n1C(c1ccccc1)c1ccccc1)CCN(c1nc3cc(F)c(C(F)(F)F)cc3[nH]1)C2. The van der Waals surface area contributed by atoms with E-state index in [2.05, 4.69) is 9.97 Å². The summed E-state index contributed by atoms with van der Waals surface area (Å²) in [6, 6.07) is 20.7. The summed E-state index contributed by atoms with van der Waals surface area (Å²) in [5.74, 6) is -0.537. The molecule has 3 aromatic carbocycles. The number of alkyl halides is 3. The number of aryl methyl sites for hydroxylation is 1. The molecule has 1 aliphatic heterocycles. The van der Waals surface area contributed by atoms with E-state index in [0.717, 1.165) is 23.3 Å². The number of aromatic amines is 1. The lowest BCUT2D eigenvalue weighted by atomic mass is 9.97. The van der Waals surface area contributed by atoms with Crippen LogP contribution in [0.2, 0.25) is 0 Å². The fraction of sp³-hybridized carbons (Fsp3) is 0.207. The summed E-state index contributed by atoms with van der Waals surface area (Å²) in [6.45, 7) is 2.42. The van der Waals surface area contributed by atoms with Gasteiger partial charge in [-0.2, -0.15) is 13.2 Å². The first kappa shape index (κ1) is 24.8. The van der Waals surface area contributed by atoms with Crippen molar-refractivity contribution in [1.82, 2.24) is 19.5 Å². The maximum atomic E-state index is 14.1. The highest BCUT2D eigenvalue weighted by Gasteiger charge is 2.35. The van der Waals surface area contributed by atoms with E-state index in [0.29, 0.717) is 36.0 Å². The lowest BCUT2D eigenvalue weighted by molar-refractivity contribution is -0.139. The number of anilines is 1. The Morgan fingerprint density at radius 1 is 0.949 bits per heavy atom. The molecule has 1 aliphatic rings. The Morgan fingerprint density at radius 2 is 1.59 bits per heavy atom. The van der Waals surface area contributed by atoms with Gasteiger partial charge in [-0.15, -0.1) is 0 Å². The molecule has 0 bridgehead atoms. The Bertz CT molecular complexity index is 1690. The van der Waals surface area contributed by atoms with E-state index in [1.807, 2.05) is 60.7 Å². The fourth-order valence-electron chi connectivity index (χ4n) is 5.25. The topological polar surface area (TPSA) is 66.8 Å². The second-order valence-electron chi connectivity index (χ2n) is 9.56. The first-order valence-electron chi connectivity index (χ1n) is 12.4. The summed E-state index contributed by atoms with van der Waals surface area (Å²) >= 11 is 0. The monoisotopic (exact) mass is 533 g/mol. The molecule has 3 heterocycles. The normalized spacial score (nSPS) is 13.7. The number of nitrogens with zero attached hydrogens (tertiary/aromatic N) is 4. The number of benzene rings is 3. The van der Waals surface area contributed by atoms with Crippen LogP contribution in [0.5, 0.6) is 0 Å². The van der Waals surface area contributed by atoms with Crippen LogP contribution in [0, 0.1) is 12.7 Å². The highest BCUT2D eigenvalue weighted by molar-refractivity contribution is 5.79. The standard InChI is InChI=1S/C29H23F4N5O/c1-17-34-25-16-37(28-35-23-14-21(29(31,32)33)22(30)15-24(23)36-28)13-12-20(25)27(39)38(17)26(18-8-4-2-5-9-18)19-10-6-3-7-11-19/h2-11,14-15,26H,12-13,16H2,1H3,(H,35,36). The molecule has 10 heteroatoms. The molecule has 2 aromatic heterocycles. The number of halogens is 4. The zero-order valence-electron chi connectivity index (χ0n) is 20.8. The minimum atomic E-state index is -4.81. The molecule has 6 nitrogen and oxygen atoms in total. The average molecular weight is 534 g/mol. The van der Waals surface area contributed by atoms with E-state index < -0.39 is 17.6 Å². The Balaban J connectivity index is 1.38. The maximum absolute atomic E-state index is 14.1. The number of hydrogen-bond donors (Lipinski definition) is 1. The quantitative estimate of drug-likeness (QED) is 0.297. The molecule has 0 saturated carbocycles. The third kappa shape index (κ3) is 4.45. The van der Waals surface area contributed by atoms with Crippen molar-refractivity contribution in [2.45, 2.75) is 32.1 Å². The van der Waals surface area contributed by atoms with Crippen LogP contribution in [0.1, 0.15) is 39.8 Å². The summed E-state index contributed by atoms with van der Waals surface area (Å²) in [7, 11) is 0. The van der Waals surface area contributed by atoms with Gasteiger partial charge in [-0.1, -0.05) is 60.7 Å². The van der Waals surface area contributed by atoms with Crippen LogP contribution in [0.25, 0.3) is 11.0 Å². The molecule has 6 rings (SSSR count). The van der Waals surface area contributed by atoms with Crippen molar-refractivity contribution in [2.75, 3.05) is 11.4 Å². The molecule has 0 spiro atoms. The Hall–Kier alpha value is -4.47. The van der Waals surface area contributed by atoms with Gasteiger partial charge in [0, 0.05) is 18.2 Å². The van der Waals surface area contributed by atoms with Crippen LogP contribution in [-0.4, -0.2) is 26.1 Å². The fourth-order valence-corrected chi connectivity index (χ4v) is 5.25. The molecule has 0 amide bonds. The van der Waals surface area contributed by atoms with Crippen molar-refractivity contribution in [3.8, 4) is 0 Å². The Labute approximate surface area is 220 Å². The third-order valence-corrected chi connectivity index (χ3v) is 7.10. The van der Waals surface area contributed by atoms with Gasteiger partial charge in [0.25, 0.3) is 5.56 Å². The van der Waals surface area contributed by atoms with E-state index in [4.69, 9.17) is 4.98 Å². The molecule has 1 N–H and O–H groups in total. The summed E-state index contributed by atoms with van der Waals surface area (Å²) in [5, 5.41) is 0. The molecule has 0 atom stereocenters. The van der Waals surface area contributed by atoms with Gasteiger partial charge in [0.1, 0.15) is 11.6 Å². The van der Waals surface area contributed by atoms with E-state index in [1.54, 1.807) is 16.4 Å². The van der Waals surface area contributed by atoms with Gasteiger partial charge >= 0.3 is 6.18 Å². The molecule has 0 radical (unpaired) electrons. The van der Waals surface area contributed by atoms with Gasteiger partial charge < -0.3 is 9.88 Å².